The third-order valence-electron chi connectivity index (χ3n) is 2.69. The molecule has 116 valence electrons. The van der Waals surface area contributed by atoms with Crippen molar-refractivity contribution in [2.24, 2.45) is 5.92 Å². The van der Waals surface area contributed by atoms with E-state index in [1.54, 1.807) is 13.8 Å². The first-order chi connectivity index (χ1) is 9.85. The van der Waals surface area contributed by atoms with Crippen molar-refractivity contribution in [3.63, 3.8) is 0 Å². The zero-order chi connectivity index (χ0) is 16.0. The number of esters is 1. The minimum Gasteiger partial charge on any atom is -0.481 e. The molecule has 0 fully saturated rings. The van der Waals surface area contributed by atoms with Crippen molar-refractivity contribution >= 4 is 11.9 Å². The van der Waals surface area contributed by atoms with Crippen molar-refractivity contribution in [1.82, 2.24) is 5.32 Å². The van der Waals surface area contributed by atoms with Crippen molar-refractivity contribution in [3.05, 3.63) is 29.8 Å². The van der Waals surface area contributed by atoms with Gasteiger partial charge in [0.25, 0.3) is 5.91 Å². The maximum atomic E-state index is 13.3. The molecule has 1 aromatic carbocycles. The lowest BCUT2D eigenvalue weighted by Crippen LogP contribution is -2.46. The second-order valence-corrected chi connectivity index (χ2v) is 4.68. The molecule has 0 saturated heterocycles. The molecule has 1 amide bonds. The fourth-order valence-electron chi connectivity index (χ4n) is 1.58. The maximum Gasteiger partial charge on any atom is 0.328 e. The van der Waals surface area contributed by atoms with Gasteiger partial charge in [0, 0.05) is 6.07 Å². The molecule has 1 N–H and O–H groups in total. The zero-order valence-electron chi connectivity index (χ0n) is 12.0. The van der Waals surface area contributed by atoms with Crippen LogP contribution in [-0.2, 0) is 14.3 Å². The highest BCUT2D eigenvalue weighted by atomic mass is 19.1. The van der Waals surface area contributed by atoms with Gasteiger partial charge in [0.15, 0.2) is 18.2 Å². The van der Waals surface area contributed by atoms with E-state index in [4.69, 9.17) is 4.74 Å². The molecular formula is C14H17F2NO4. The van der Waals surface area contributed by atoms with E-state index < -0.39 is 36.2 Å². The molecule has 0 radical (unpaired) electrons. The van der Waals surface area contributed by atoms with Crippen LogP contribution in [0.5, 0.6) is 5.75 Å². The summed E-state index contributed by atoms with van der Waals surface area (Å²) >= 11 is 0. The minimum absolute atomic E-state index is 0.177. The molecule has 0 bridgehead atoms. The van der Waals surface area contributed by atoms with E-state index in [0.717, 1.165) is 12.1 Å². The Morgan fingerprint density at radius 1 is 1.29 bits per heavy atom. The molecule has 0 aliphatic rings. The fraction of sp³-hybridized carbons (Fsp3) is 0.429. The molecule has 0 spiro atoms. The van der Waals surface area contributed by atoms with Crippen molar-refractivity contribution in [1.29, 1.82) is 0 Å². The summed E-state index contributed by atoms with van der Waals surface area (Å²) in [6.07, 6.45) is 0. The van der Waals surface area contributed by atoms with Gasteiger partial charge in [-0.15, -0.1) is 0 Å². The Balaban J connectivity index is 2.58. The first kappa shape index (κ1) is 16.9. The number of methoxy groups -OCH3 is 1. The third-order valence-corrected chi connectivity index (χ3v) is 2.69. The lowest BCUT2D eigenvalue weighted by molar-refractivity contribution is -0.146. The van der Waals surface area contributed by atoms with E-state index in [1.807, 2.05) is 0 Å². The number of benzene rings is 1. The van der Waals surface area contributed by atoms with Gasteiger partial charge >= 0.3 is 5.97 Å². The Bertz CT molecular complexity index is 520. The summed E-state index contributed by atoms with van der Waals surface area (Å²) in [5.41, 5.74) is 0. The summed E-state index contributed by atoms with van der Waals surface area (Å²) in [5.74, 6) is -3.25. The van der Waals surface area contributed by atoms with Gasteiger partial charge in [0.1, 0.15) is 11.9 Å². The first-order valence-electron chi connectivity index (χ1n) is 6.30. The highest BCUT2D eigenvalue weighted by Crippen LogP contribution is 2.17. The molecule has 0 saturated carbocycles. The Kier molecular flexibility index (Phi) is 6.08. The topological polar surface area (TPSA) is 64.6 Å². The van der Waals surface area contributed by atoms with Crippen LogP contribution in [0.2, 0.25) is 0 Å². The predicted molar refractivity (Wildman–Crippen MR) is 70.6 cm³/mol. The molecule has 1 aromatic rings. The Morgan fingerprint density at radius 3 is 2.48 bits per heavy atom. The average Bonchev–Trinajstić information content (AvgIpc) is 2.42. The number of amides is 1. The highest BCUT2D eigenvalue weighted by Gasteiger charge is 2.25. The monoisotopic (exact) mass is 301 g/mol. The summed E-state index contributed by atoms with van der Waals surface area (Å²) in [4.78, 5) is 23.2. The predicted octanol–water partition coefficient (Wildman–Crippen LogP) is 1.66. The number of rotatable bonds is 6. The summed E-state index contributed by atoms with van der Waals surface area (Å²) in [5, 5.41) is 2.43. The van der Waals surface area contributed by atoms with Gasteiger partial charge in [-0.3, -0.25) is 4.79 Å². The summed E-state index contributed by atoms with van der Waals surface area (Å²) in [6.45, 7) is 2.98. The zero-order valence-corrected chi connectivity index (χ0v) is 12.0. The largest absolute Gasteiger partial charge is 0.481 e. The molecular weight excluding hydrogens is 284 g/mol. The molecule has 0 aromatic heterocycles. The van der Waals surface area contributed by atoms with Crippen LogP contribution in [0, 0.1) is 17.6 Å². The minimum atomic E-state index is -0.906. The van der Waals surface area contributed by atoms with Crippen molar-refractivity contribution < 1.29 is 27.8 Å². The number of hydrogen-bond donors (Lipinski definition) is 1. The van der Waals surface area contributed by atoms with Gasteiger partial charge in [0.05, 0.1) is 7.11 Å². The van der Waals surface area contributed by atoms with Crippen LogP contribution in [0.4, 0.5) is 8.78 Å². The Hall–Kier alpha value is -2.18. The lowest BCUT2D eigenvalue weighted by Gasteiger charge is -2.19. The number of carbonyl (C=O) groups is 2. The summed E-state index contributed by atoms with van der Waals surface area (Å²) in [7, 11) is 1.22. The van der Waals surface area contributed by atoms with Crippen LogP contribution in [-0.4, -0.2) is 31.6 Å². The lowest BCUT2D eigenvalue weighted by atomic mass is 10.0. The smallest absolute Gasteiger partial charge is 0.328 e. The van der Waals surface area contributed by atoms with E-state index >= 15 is 0 Å². The van der Waals surface area contributed by atoms with Crippen LogP contribution in [0.3, 0.4) is 0 Å². The number of hydrogen-bond acceptors (Lipinski definition) is 4. The van der Waals surface area contributed by atoms with Gasteiger partial charge in [-0.05, 0) is 18.1 Å². The molecule has 0 unspecified atom stereocenters. The highest BCUT2D eigenvalue weighted by molar-refractivity contribution is 5.85. The van der Waals surface area contributed by atoms with Crippen LogP contribution in [0.1, 0.15) is 13.8 Å². The third kappa shape index (κ3) is 5.02. The van der Waals surface area contributed by atoms with Gasteiger partial charge < -0.3 is 14.8 Å². The van der Waals surface area contributed by atoms with Crippen LogP contribution in [0.15, 0.2) is 18.2 Å². The van der Waals surface area contributed by atoms with Gasteiger partial charge in [-0.1, -0.05) is 13.8 Å². The first-order valence-corrected chi connectivity index (χ1v) is 6.30. The molecule has 0 heterocycles. The fourth-order valence-corrected chi connectivity index (χ4v) is 1.58. The molecule has 7 heteroatoms. The van der Waals surface area contributed by atoms with Crippen LogP contribution < -0.4 is 10.1 Å². The van der Waals surface area contributed by atoms with Crippen LogP contribution in [0.25, 0.3) is 0 Å². The Morgan fingerprint density at radius 2 is 1.95 bits per heavy atom. The van der Waals surface area contributed by atoms with Gasteiger partial charge in [-0.2, -0.15) is 0 Å². The normalized spacial score (nSPS) is 11.9. The Labute approximate surface area is 121 Å². The van der Waals surface area contributed by atoms with E-state index in [9.17, 15) is 18.4 Å². The maximum absolute atomic E-state index is 13.3. The van der Waals surface area contributed by atoms with Crippen molar-refractivity contribution in [3.8, 4) is 5.75 Å². The number of halogens is 2. The molecule has 1 atom stereocenters. The van der Waals surface area contributed by atoms with Crippen molar-refractivity contribution in [2.75, 3.05) is 13.7 Å². The molecule has 5 nitrogen and oxygen atoms in total. The average molecular weight is 301 g/mol. The quantitative estimate of drug-likeness (QED) is 0.812. The molecule has 0 aliphatic carbocycles. The van der Waals surface area contributed by atoms with E-state index in [2.05, 4.69) is 10.1 Å². The van der Waals surface area contributed by atoms with E-state index in [1.165, 1.54) is 7.11 Å². The van der Waals surface area contributed by atoms with E-state index in [-0.39, 0.29) is 11.7 Å². The second-order valence-electron chi connectivity index (χ2n) is 4.68. The summed E-state index contributed by atoms with van der Waals surface area (Å²) in [6, 6.07) is 1.93. The molecule has 21 heavy (non-hydrogen) atoms. The van der Waals surface area contributed by atoms with Crippen molar-refractivity contribution in [2.45, 2.75) is 19.9 Å². The van der Waals surface area contributed by atoms with Gasteiger partial charge in [0.2, 0.25) is 0 Å². The molecule has 1 rings (SSSR count). The summed E-state index contributed by atoms with van der Waals surface area (Å²) < 4.78 is 35.5. The number of nitrogens with one attached hydrogen (secondary N) is 1. The number of carbonyl (C=O) groups excluding carboxylic acids is 2. The number of ether oxygens (including phenoxy) is 2. The second kappa shape index (κ2) is 7.56. The van der Waals surface area contributed by atoms with Crippen LogP contribution >= 0.6 is 0 Å². The van der Waals surface area contributed by atoms with Gasteiger partial charge in [-0.25, -0.2) is 13.6 Å². The SMILES string of the molecule is COC(=O)[C@H](NC(=O)COc1ccc(F)cc1F)C(C)C. The van der Waals surface area contributed by atoms with E-state index in [0.29, 0.717) is 6.07 Å². The molecule has 0 aliphatic heterocycles. The standard InChI is InChI=1S/C14H17F2NO4/c1-8(2)13(14(19)20-3)17-12(18)7-21-11-5-4-9(15)6-10(11)16/h4-6,8,13H,7H2,1-3H3,(H,17,18)/t13-/m1/s1.